The van der Waals surface area contributed by atoms with E-state index in [0.717, 1.165) is 16.2 Å². The summed E-state index contributed by atoms with van der Waals surface area (Å²) in [6.45, 7) is 0. The molecule has 5 aromatic rings. The van der Waals surface area contributed by atoms with E-state index < -0.39 is 5.15 Å². The zero-order valence-electron chi connectivity index (χ0n) is 16.1. The molecule has 0 aliphatic heterocycles. The van der Waals surface area contributed by atoms with Gasteiger partial charge in [-0.3, -0.25) is 0 Å². The van der Waals surface area contributed by atoms with E-state index in [9.17, 15) is 0 Å². The number of hydrogen-bond acceptors (Lipinski definition) is 2. The van der Waals surface area contributed by atoms with E-state index in [1.54, 1.807) is 0 Å². The molecule has 0 saturated heterocycles. The third kappa shape index (κ3) is 3.80. The average molecular weight is 609 g/mol. The van der Waals surface area contributed by atoms with E-state index in [-0.39, 0.29) is 17.9 Å². The minimum absolute atomic E-state index is 0.168. The summed E-state index contributed by atoms with van der Waals surface area (Å²) >= 11 is -0.168. The van der Waals surface area contributed by atoms with Gasteiger partial charge in [-0.05, 0) is 0 Å². The maximum absolute atomic E-state index is 4.85. The molecule has 0 aliphatic rings. The summed E-state index contributed by atoms with van der Waals surface area (Å²) in [5, 5.41) is 3.27. The topological polar surface area (TPSA) is 28.7 Å². The summed E-state index contributed by atoms with van der Waals surface area (Å²) in [6, 6.07) is 41.6. The number of aromatic nitrogens is 2. The maximum atomic E-state index is 4.85. The number of nitrogens with zero attached hydrogens (tertiary/aromatic N) is 1. The third-order valence-corrected chi connectivity index (χ3v) is 24.4. The molecule has 1 heterocycles. The third-order valence-electron chi connectivity index (χ3n) is 5.00. The van der Waals surface area contributed by atoms with Gasteiger partial charge in [-0.15, -0.1) is 0 Å². The summed E-state index contributed by atoms with van der Waals surface area (Å²) < 4.78 is 0. The Morgan fingerprint density at radius 2 is 1.07 bits per heavy atom. The van der Waals surface area contributed by atoms with Crippen LogP contribution in [0, 0.1) is 0 Å². The van der Waals surface area contributed by atoms with Crippen LogP contribution in [0.5, 0.6) is 0 Å². The van der Waals surface area contributed by atoms with Gasteiger partial charge in [0.25, 0.3) is 0 Å². The van der Waals surface area contributed by atoms with E-state index in [1.807, 2.05) is 15.3 Å². The Labute approximate surface area is 188 Å². The van der Waals surface area contributed by atoms with Crippen LogP contribution in [0.15, 0.2) is 120 Å². The SMILES string of the molecule is c1ccc([PH]([Au][S]c2nc3ccccc3[nH]2)(c2ccccc2)c2ccccc2)cc1. The van der Waals surface area contributed by atoms with Crippen molar-refractivity contribution in [2.75, 3.05) is 0 Å². The van der Waals surface area contributed by atoms with Crippen molar-refractivity contribution in [3.8, 4) is 0 Å². The molecule has 1 aromatic heterocycles. The van der Waals surface area contributed by atoms with Crippen molar-refractivity contribution >= 4 is 41.3 Å². The number of rotatable bonds is 6. The normalized spacial score (nSPS) is 12.3. The molecule has 0 amide bonds. The van der Waals surface area contributed by atoms with Crippen molar-refractivity contribution in [3.63, 3.8) is 0 Å². The Balaban J connectivity index is 1.65. The Morgan fingerprint density at radius 3 is 1.57 bits per heavy atom. The molecule has 4 aromatic carbocycles. The molecule has 0 aliphatic carbocycles. The van der Waals surface area contributed by atoms with Gasteiger partial charge in [0.1, 0.15) is 0 Å². The number of H-pyrrole nitrogens is 1. The van der Waals surface area contributed by atoms with Crippen molar-refractivity contribution < 1.29 is 17.9 Å². The van der Waals surface area contributed by atoms with Crippen molar-refractivity contribution in [3.05, 3.63) is 115 Å². The van der Waals surface area contributed by atoms with Crippen LogP contribution in [-0.2, 0) is 17.9 Å². The van der Waals surface area contributed by atoms with Crippen molar-refractivity contribution in [2.24, 2.45) is 0 Å². The predicted molar refractivity (Wildman–Crippen MR) is 128 cm³/mol. The van der Waals surface area contributed by atoms with Gasteiger partial charge >= 0.3 is 190 Å². The van der Waals surface area contributed by atoms with Crippen LogP contribution < -0.4 is 15.9 Å². The summed E-state index contributed by atoms with van der Waals surface area (Å²) in [7, 11) is 1.93. The number of imidazole rings is 1. The summed E-state index contributed by atoms with van der Waals surface area (Å²) in [6.07, 6.45) is 0. The molecule has 0 spiro atoms. The Hall–Kier alpha value is -2.13. The van der Waals surface area contributed by atoms with Gasteiger partial charge in [0.15, 0.2) is 0 Å². The molecule has 2 nitrogen and oxygen atoms in total. The molecule has 5 heteroatoms. The second kappa shape index (κ2) is 8.93. The molecule has 0 saturated carbocycles. The van der Waals surface area contributed by atoms with Crippen molar-refractivity contribution in [1.29, 1.82) is 0 Å². The van der Waals surface area contributed by atoms with Crippen molar-refractivity contribution in [2.45, 2.75) is 5.16 Å². The summed E-state index contributed by atoms with van der Waals surface area (Å²) in [5.74, 6) is 0. The number of benzene rings is 4. The quantitative estimate of drug-likeness (QED) is 0.210. The van der Waals surface area contributed by atoms with Gasteiger partial charge in [0.2, 0.25) is 0 Å². The molecule has 0 atom stereocenters. The average Bonchev–Trinajstić information content (AvgIpc) is 3.25. The van der Waals surface area contributed by atoms with Gasteiger partial charge in [0.05, 0.1) is 0 Å². The van der Waals surface area contributed by atoms with Crippen LogP contribution in [0.2, 0.25) is 0 Å². The molecule has 5 rings (SSSR count). The number of fused-ring (bicyclic) bond motifs is 1. The minimum atomic E-state index is -2.16. The molecule has 0 radical (unpaired) electrons. The van der Waals surface area contributed by atoms with Gasteiger partial charge in [-0.25, -0.2) is 0 Å². The standard InChI is InChI=1S/C18H15P.C7H6N2S.Au/c1-4-10-16(11-5-1)19(17-12-6-2-7-13-17)18-14-8-3-9-15-18;10-7-8-5-3-1-2-4-6(5)9-7;/h1-15H;1-4H,(H2,8,9,10);. The van der Waals surface area contributed by atoms with Crippen LogP contribution in [0.4, 0.5) is 0 Å². The first-order valence-electron chi connectivity index (χ1n) is 9.73. The fourth-order valence-corrected chi connectivity index (χ4v) is 23.8. The van der Waals surface area contributed by atoms with Crippen molar-refractivity contribution in [1.82, 2.24) is 9.97 Å². The number of aromatic amines is 1. The second-order valence-corrected chi connectivity index (χ2v) is 21.0. The fraction of sp³-hybridized carbons (Fsp3) is 0. The Bertz CT molecular complexity index is 1110. The summed E-state index contributed by atoms with van der Waals surface area (Å²) in [4.78, 5) is 8.37. The van der Waals surface area contributed by atoms with E-state index in [1.165, 1.54) is 15.9 Å². The van der Waals surface area contributed by atoms with Crippen LogP contribution in [0.1, 0.15) is 0 Å². The first kappa shape index (κ1) is 19.8. The Morgan fingerprint density at radius 1 is 0.600 bits per heavy atom. The Kier molecular flexibility index (Phi) is 5.90. The molecular formula is C25H21AuN2PS. The molecule has 0 fully saturated rings. The monoisotopic (exact) mass is 609 g/mol. The van der Waals surface area contributed by atoms with Gasteiger partial charge < -0.3 is 0 Å². The van der Waals surface area contributed by atoms with E-state index in [4.69, 9.17) is 4.98 Å². The van der Waals surface area contributed by atoms with Crippen LogP contribution in [0.25, 0.3) is 11.0 Å². The number of para-hydroxylation sites is 2. The molecule has 153 valence electrons. The summed E-state index contributed by atoms with van der Waals surface area (Å²) in [5.41, 5.74) is 2.14. The number of hydrogen-bond donors (Lipinski definition) is 1. The van der Waals surface area contributed by atoms with Gasteiger partial charge in [-0.1, -0.05) is 0 Å². The van der Waals surface area contributed by atoms with E-state index in [2.05, 4.69) is 114 Å². The first-order chi connectivity index (χ1) is 14.9. The fourth-order valence-electron chi connectivity index (χ4n) is 3.61. The zero-order chi connectivity index (χ0) is 20.2. The van der Waals surface area contributed by atoms with E-state index in [0.29, 0.717) is 0 Å². The van der Waals surface area contributed by atoms with Crippen LogP contribution in [0.3, 0.4) is 0 Å². The van der Waals surface area contributed by atoms with Crippen LogP contribution in [-0.4, -0.2) is 9.97 Å². The molecule has 0 bridgehead atoms. The predicted octanol–water partition coefficient (Wildman–Crippen LogP) is 5.29. The number of nitrogens with one attached hydrogen (secondary N) is 1. The second-order valence-electron chi connectivity index (χ2n) is 6.88. The first-order valence-corrected chi connectivity index (χ1v) is 18.1. The zero-order valence-corrected chi connectivity index (χ0v) is 20.1. The molecule has 1 N–H and O–H groups in total. The van der Waals surface area contributed by atoms with Crippen LogP contribution >= 0.6 is 14.4 Å². The van der Waals surface area contributed by atoms with Gasteiger partial charge in [-0.2, -0.15) is 0 Å². The molecule has 30 heavy (non-hydrogen) atoms. The molecule has 0 unspecified atom stereocenters. The van der Waals surface area contributed by atoms with E-state index >= 15 is 0 Å². The molecular weight excluding hydrogens is 588 g/mol. The van der Waals surface area contributed by atoms with Gasteiger partial charge in [0, 0.05) is 0 Å².